The molecule has 3 N–H and O–H groups in total. The molecule has 0 unspecified atom stereocenters. The van der Waals surface area contributed by atoms with Crippen molar-refractivity contribution in [1.82, 2.24) is 20.4 Å². The number of benzene rings is 2. The Balaban J connectivity index is 1.54. The summed E-state index contributed by atoms with van der Waals surface area (Å²) in [6, 6.07) is 8.22. The molecule has 4 rings (SSSR count). The second kappa shape index (κ2) is 16.1. The van der Waals surface area contributed by atoms with E-state index in [9.17, 15) is 24.4 Å². The van der Waals surface area contributed by atoms with Crippen LogP contribution in [0.3, 0.4) is 0 Å². The van der Waals surface area contributed by atoms with Gasteiger partial charge in [0.2, 0.25) is 17.7 Å². The zero-order valence-corrected chi connectivity index (χ0v) is 27.5. The van der Waals surface area contributed by atoms with Crippen molar-refractivity contribution in [2.24, 2.45) is 5.92 Å². The smallest absolute Gasteiger partial charge is 0.344 e. The quantitative estimate of drug-likeness (QED) is 0.328. The Hall–Kier alpha value is -4.44. The summed E-state index contributed by atoms with van der Waals surface area (Å²) in [6.45, 7) is 5.74. The molecule has 1 saturated carbocycles. The number of rotatable bonds is 11. The van der Waals surface area contributed by atoms with E-state index in [0.717, 1.165) is 25.3 Å². The topological polar surface area (TPSA) is 135 Å². The van der Waals surface area contributed by atoms with Crippen LogP contribution in [-0.2, 0) is 25.1 Å². The Bertz CT molecular complexity index is 1530. The van der Waals surface area contributed by atoms with Crippen molar-refractivity contribution in [2.45, 2.75) is 76.3 Å². The molecule has 0 bridgehead atoms. The molecule has 2 fully saturated rings. The zero-order valence-electron chi connectivity index (χ0n) is 27.5. The summed E-state index contributed by atoms with van der Waals surface area (Å²) in [6.07, 6.45) is 3.54. The van der Waals surface area contributed by atoms with E-state index in [2.05, 4.69) is 20.9 Å². The monoisotopic (exact) mass is 668 g/mol. The van der Waals surface area contributed by atoms with E-state index in [1.54, 1.807) is 24.8 Å². The molecular formula is C35H43F3N6O4. The van der Waals surface area contributed by atoms with E-state index in [-0.39, 0.29) is 29.5 Å². The lowest BCUT2D eigenvalue weighted by atomic mass is 9.83. The Morgan fingerprint density at radius 2 is 1.67 bits per heavy atom. The van der Waals surface area contributed by atoms with Gasteiger partial charge in [-0.2, -0.15) is 14.0 Å². The van der Waals surface area contributed by atoms with Gasteiger partial charge in [-0.05, 0) is 49.6 Å². The highest BCUT2D eigenvalue weighted by molar-refractivity contribution is 5.98. The van der Waals surface area contributed by atoms with Crippen LogP contribution >= 0.6 is 0 Å². The molecule has 2 aromatic rings. The predicted molar refractivity (Wildman–Crippen MR) is 173 cm³/mol. The van der Waals surface area contributed by atoms with E-state index in [4.69, 9.17) is 0 Å². The average Bonchev–Trinajstić information content (AvgIpc) is 3.10. The van der Waals surface area contributed by atoms with Crippen LogP contribution in [0.15, 0.2) is 42.5 Å². The third-order valence-corrected chi connectivity index (χ3v) is 9.36. The van der Waals surface area contributed by atoms with Gasteiger partial charge in [-0.15, -0.1) is 0 Å². The molecule has 1 aliphatic carbocycles. The third kappa shape index (κ3) is 8.52. The lowest BCUT2D eigenvalue weighted by molar-refractivity contribution is -0.149. The van der Waals surface area contributed by atoms with Crippen LogP contribution in [0.25, 0.3) is 0 Å². The van der Waals surface area contributed by atoms with Crippen molar-refractivity contribution in [3.05, 3.63) is 65.0 Å². The number of hydrogen-bond donors (Lipinski definition) is 3. The summed E-state index contributed by atoms with van der Waals surface area (Å²) < 4.78 is 46.3. The fourth-order valence-corrected chi connectivity index (χ4v) is 6.29. The summed E-state index contributed by atoms with van der Waals surface area (Å²) >= 11 is 0. The number of carbonyl (C=O) groups excluding carboxylic acids is 4. The van der Waals surface area contributed by atoms with Gasteiger partial charge in [0.15, 0.2) is 0 Å². The molecule has 2 aliphatic rings. The molecule has 3 atom stereocenters. The van der Waals surface area contributed by atoms with E-state index in [1.165, 1.54) is 36.4 Å². The van der Waals surface area contributed by atoms with Gasteiger partial charge in [0.05, 0.1) is 17.3 Å². The molecule has 1 heterocycles. The van der Waals surface area contributed by atoms with Gasteiger partial charge < -0.3 is 25.8 Å². The van der Waals surface area contributed by atoms with Crippen LogP contribution in [0.5, 0.6) is 0 Å². The van der Waals surface area contributed by atoms with Crippen LogP contribution in [-0.4, -0.2) is 78.7 Å². The minimum Gasteiger partial charge on any atom is -0.344 e. The first kappa shape index (κ1) is 36.4. The standard InChI is InChI=1S/C35H43F3N6O4/c1-4-29(45)41-30(33(47)44-18-16-43(3)17-19-44)22(2)24-14-15-28(27(36)20-24)40-32(46)31(23-10-6-5-7-11-23)42-34(48)35(37,38)26-13-9-8-12-25(26)21-39/h8-9,12-15,20,22-23,30-31H,4-7,10-11,16-19H2,1-3H3,(H,40,46)(H,41,45)(H,42,48)/t22-,30+,31-/m0/s1. The number of piperazine rings is 1. The molecule has 1 saturated heterocycles. The maximum absolute atomic E-state index is 15.6. The molecule has 0 radical (unpaired) electrons. The highest BCUT2D eigenvalue weighted by Gasteiger charge is 2.45. The normalized spacial score (nSPS) is 17.8. The maximum atomic E-state index is 15.6. The lowest BCUT2D eigenvalue weighted by Crippen LogP contribution is -2.55. The second-order valence-corrected chi connectivity index (χ2v) is 12.6. The molecular weight excluding hydrogens is 625 g/mol. The molecule has 0 aromatic heterocycles. The number of alkyl halides is 2. The van der Waals surface area contributed by atoms with Gasteiger partial charge in [0.25, 0.3) is 5.91 Å². The molecule has 13 heteroatoms. The summed E-state index contributed by atoms with van der Waals surface area (Å²) in [7, 11) is 1.96. The fraction of sp³-hybridized carbons (Fsp3) is 0.514. The highest BCUT2D eigenvalue weighted by atomic mass is 19.3. The van der Waals surface area contributed by atoms with Gasteiger partial charge >= 0.3 is 5.92 Å². The number of anilines is 1. The van der Waals surface area contributed by atoms with E-state index < -0.39 is 53.0 Å². The maximum Gasteiger partial charge on any atom is 0.351 e. The molecule has 4 amide bonds. The first-order valence-corrected chi connectivity index (χ1v) is 16.4. The predicted octanol–water partition coefficient (Wildman–Crippen LogP) is 4.27. The lowest BCUT2D eigenvalue weighted by Gasteiger charge is -2.36. The minimum atomic E-state index is -4.10. The first-order chi connectivity index (χ1) is 22.9. The van der Waals surface area contributed by atoms with Crippen molar-refractivity contribution in [3.8, 4) is 6.07 Å². The molecule has 0 spiro atoms. The molecule has 48 heavy (non-hydrogen) atoms. The van der Waals surface area contributed by atoms with Crippen LogP contribution in [0.1, 0.15) is 75.0 Å². The van der Waals surface area contributed by atoms with Crippen molar-refractivity contribution >= 4 is 29.3 Å². The Morgan fingerprint density at radius 3 is 2.29 bits per heavy atom. The third-order valence-electron chi connectivity index (χ3n) is 9.36. The summed E-state index contributed by atoms with van der Waals surface area (Å²) in [5.41, 5.74) is -0.966. The number of hydrogen-bond acceptors (Lipinski definition) is 6. The Kier molecular flexibility index (Phi) is 12.2. The zero-order chi connectivity index (χ0) is 35.0. The molecule has 2 aromatic carbocycles. The number of nitrogens with one attached hydrogen (secondary N) is 3. The Labute approximate surface area is 279 Å². The van der Waals surface area contributed by atoms with E-state index in [1.807, 2.05) is 7.05 Å². The van der Waals surface area contributed by atoms with Crippen molar-refractivity contribution in [3.63, 3.8) is 0 Å². The molecule has 10 nitrogen and oxygen atoms in total. The minimum absolute atomic E-state index is 0.161. The Morgan fingerprint density at radius 1 is 1.00 bits per heavy atom. The van der Waals surface area contributed by atoms with E-state index >= 15 is 13.2 Å². The number of likely N-dealkylation sites (N-methyl/N-ethyl adjacent to an activating group) is 1. The van der Waals surface area contributed by atoms with Gasteiger partial charge in [-0.1, -0.05) is 57.4 Å². The van der Waals surface area contributed by atoms with Crippen molar-refractivity contribution in [1.29, 1.82) is 5.26 Å². The number of nitriles is 1. The summed E-state index contributed by atoms with van der Waals surface area (Å²) in [5.74, 6) is -9.19. The largest absolute Gasteiger partial charge is 0.351 e. The SMILES string of the molecule is CCC(=O)N[C@@H](C(=O)N1CCN(C)CC1)[C@@H](C)c1ccc(NC(=O)[C@@H](NC(=O)C(F)(F)c2ccccc2C#N)C2CCCCC2)c(F)c1. The van der Waals surface area contributed by atoms with Gasteiger partial charge in [-0.3, -0.25) is 19.2 Å². The second-order valence-electron chi connectivity index (χ2n) is 12.6. The van der Waals surface area contributed by atoms with Crippen LogP contribution in [0, 0.1) is 23.1 Å². The molecule has 1 aliphatic heterocycles. The van der Waals surface area contributed by atoms with Crippen LogP contribution in [0.2, 0.25) is 0 Å². The summed E-state index contributed by atoms with van der Waals surface area (Å²) in [4.78, 5) is 56.2. The van der Waals surface area contributed by atoms with Crippen LogP contribution in [0.4, 0.5) is 18.9 Å². The van der Waals surface area contributed by atoms with Crippen molar-refractivity contribution < 1.29 is 32.3 Å². The van der Waals surface area contributed by atoms with E-state index in [0.29, 0.717) is 44.6 Å². The first-order valence-electron chi connectivity index (χ1n) is 16.4. The number of nitrogens with zero attached hydrogens (tertiary/aromatic N) is 3. The number of halogens is 3. The fourth-order valence-electron chi connectivity index (χ4n) is 6.29. The molecule has 258 valence electrons. The summed E-state index contributed by atoms with van der Waals surface area (Å²) in [5, 5.41) is 16.8. The van der Waals surface area contributed by atoms with Gasteiger partial charge in [-0.25, -0.2) is 4.39 Å². The number of amides is 4. The number of carbonyl (C=O) groups is 4. The van der Waals surface area contributed by atoms with Crippen LogP contribution < -0.4 is 16.0 Å². The highest BCUT2D eigenvalue weighted by Crippen LogP contribution is 2.33. The average molecular weight is 669 g/mol. The van der Waals surface area contributed by atoms with Crippen molar-refractivity contribution in [2.75, 3.05) is 38.5 Å². The van der Waals surface area contributed by atoms with Gasteiger partial charge in [0, 0.05) is 44.1 Å². The van der Waals surface area contributed by atoms with Gasteiger partial charge in [0.1, 0.15) is 17.9 Å².